The Labute approximate surface area is 112 Å². The van der Waals surface area contributed by atoms with Crippen LogP contribution < -0.4 is 20.7 Å². The van der Waals surface area contributed by atoms with E-state index in [9.17, 15) is 0 Å². The van der Waals surface area contributed by atoms with Crippen molar-refractivity contribution in [1.82, 2.24) is 5.43 Å². The van der Waals surface area contributed by atoms with Crippen LogP contribution in [0.5, 0.6) is 11.5 Å². The summed E-state index contributed by atoms with van der Waals surface area (Å²) in [6.07, 6.45) is 0.399. The van der Waals surface area contributed by atoms with Crippen molar-refractivity contribution in [3.63, 3.8) is 0 Å². The van der Waals surface area contributed by atoms with E-state index in [1.807, 2.05) is 18.2 Å². The molecule has 0 aliphatic carbocycles. The van der Waals surface area contributed by atoms with Gasteiger partial charge in [-0.25, -0.2) is 5.43 Å². The molecule has 0 radical (unpaired) electrons. The number of hydrazine groups is 1. The van der Waals surface area contributed by atoms with Gasteiger partial charge in [0.25, 0.3) is 0 Å². The number of hydrogen-bond acceptors (Lipinski definition) is 6. The lowest BCUT2D eigenvalue weighted by Gasteiger charge is -2.24. The van der Waals surface area contributed by atoms with Crippen LogP contribution in [0.2, 0.25) is 0 Å². The molecule has 0 amide bonds. The van der Waals surface area contributed by atoms with Crippen molar-refractivity contribution in [3.8, 4) is 11.5 Å². The number of nitrogens with one attached hydrogen (secondary N) is 1. The average Bonchev–Trinajstić information content (AvgIpc) is 2.69. The molecular formula is C13H20N2O4. The second kappa shape index (κ2) is 6.72. The maximum Gasteiger partial charge on any atom is 0.177 e. The fourth-order valence-electron chi connectivity index (χ4n) is 2.07. The van der Waals surface area contributed by atoms with Crippen molar-refractivity contribution >= 4 is 0 Å². The van der Waals surface area contributed by atoms with Gasteiger partial charge < -0.3 is 18.9 Å². The maximum absolute atomic E-state index is 5.66. The number of fused-ring (bicyclic) bond motifs is 1. The van der Waals surface area contributed by atoms with Crippen LogP contribution in [0.1, 0.15) is 18.0 Å². The average molecular weight is 268 g/mol. The highest BCUT2D eigenvalue weighted by Gasteiger charge is 2.23. The first-order valence-electron chi connectivity index (χ1n) is 6.21. The monoisotopic (exact) mass is 268 g/mol. The molecule has 0 bridgehead atoms. The van der Waals surface area contributed by atoms with E-state index in [0.29, 0.717) is 13.2 Å². The molecule has 1 aliphatic heterocycles. The Bertz CT molecular complexity index is 410. The molecular weight excluding hydrogens is 248 g/mol. The minimum atomic E-state index is -0.477. The normalized spacial score (nSPS) is 16.2. The zero-order valence-electron chi connectivity index (χ0n) is 11.2. The third-order valence-corrected chi connectivity index (χ3v) is 3.05. The van der Waals surface area contributed by atoms with Crippen LogP contribution in [0.25, 0.3) is 0 Å². The van der Waals surface area contributed by atoms with Crippen LogP contribution >= 0.6 is 0 Å². The highest BCUT2D eigenvalue weighted by atomic mass is 16.7. The van der Waals surface area contributed by atoms with Gasteiger partial charge in [-0.05, 0) is 17.7 Å². The molecule has 6 heteroatoms. The fraction of sp³-hybridized carbons (Fsp3) is 0.538. The summed E-state index contributed by atoms with van der Waals surface area (Å²) in [5, 5.41) is 0. The quantitative estimate of drug-likeness (QED) is 0.471. The number of benzene rings is 1. The number of ether oxygens (including phenoxy) is 4. The van der Waals surface area contributed by atoms with Crippen LogP contribution in [-0.2, 0) is 9.47 Å². The van der Waals surface area contributed by atoms with Crippen LogP contribution in [0, 0.1) is 0 Å². The smallest absolute Gasteiger partial charge is 0.177 e. The number of rotatable bonds is 5. The lowest BCUT2D eigenvalue weighted by Crippen LogP contribution is -2.38. The Hall–Kier alpha value is -1.34. The van der Waals surface area contributed by atoms with E-state index in [4.69, 9.17) is 24.8 Å². The third-order valence-electron chi connectivity index (χ3n) is 3.05. The molecule has 1 aromatic rings. The van der Waals surface area contributed by atoms with Gasteiger partial charge in [-0.1, -0.05) is 6.07 Å². The van der Waals surface area contributed by atoms with Crippen LogP contribution in [0.4, 0.5) is 0 Å². The standard InChI is InChI=1S/C13H20N2O4/c1-16-13(17-2)12(15-14)9-4-5-10-11(8-9)19-7-3-6-18-10/h4-5,8,12-13,15H,3,6-7,14H2,1-2H3. The summed E-state index contributed by atoms with van der Waals surface area (Å²) < 4.78 is 21.7. The zero-order valence-corrected chi connectivity index (χ0v) is 11.2. The third kappa shape index (κ3) is 3.16. The summed E-state index contributed by atoms with van der Waals surface area (Å²) in [7, 11) is 3.14. The summed E-state index contributed by atoms with van der Waals surface area (Å²) in [5.41, 5.74) is 3.61. The lowest BCUT2D eigenvalue weighted by atomic mass is 10.1. The summed E-state index contributed by atoms with van der Waals surface area (Å²) in [6, 6.07) is 5.41. The molecule has 1 heterocycles. The Morgan fingerprint density at radius 1 is 1.16 bits per heavy atom. The van der Waals surface area contributed by atoms with Crippen molar-refractivity contribution in [2.24, 2.45) is 5.84 Å². The van der Waals surface area contributed by atoms with Crippen molar-refractivity contribution in [1.29, 1.82) is 0 Å². The first-order valence-corrected chi connectivity index (χ1v) is 6.21. The van der Waals surface area contributed by atoms with Gasteiger partial charge in [-0.3, -0.25) is 5.84 Å². The van der Waals surface area contributed by atoms with E-state index < -0.39 is 6.29 Å². The molecule has 0 fully saturated rings. The van der Waals surface area contributed by atoms with Gasteiger partial charge in [-0.15, -0.1) is 0 Å². The van der Waals surface area contributed by atoms with Gasteiger partial charge in [-0.2, -0.15) is 0 Å². The molecule has 0 saturated heterocycles. The first kappa shape index (κ1) is 14.1. The zero-order chi connectivity index (χ0) is 13.7. The van der Waals surface area contributed by atoms with Gasteiger partial charge in [0.1, 0.15) is 0 Å². The molecule has 2 rings (SSSR count). The molecule has 1 aliphatic rings. The molecule has 0 aromatic heterocycles. The minimum Gasteiger partial charge on any atom is -0.490 e. The number of nitrogens with two attached hydrogens (primary N) is 1. The van der Waals surface area contributed by atoms with Crippen LogP contribution in [0.15, 0.2) is 18.2 Å². The van der Waals surface area contributed by atoms with E-state index in [1.54, 1.807) is 14.2 Å². The molecule has 19 heavy (non-hydrogen) atoms. The van der Waals surface area contributed by atoms with E-state index in [0.717, 1.165) is 23.5 Å². The van der Waals surface area contributed by atoms with E-state index >= 15 is 0 Å². The second-order valence-electron chi connectivity index (χ2n) is 4.24. The summed E-state index contributed by atoms with van der Waals surface area (Å²) in [6.45, 7) is 1.32. The fourth-order valence-corrected chi connectivity index (χ4v) is 2.07. The predicted molar refractivity (Wildman–Crippen MR) is 69.9 cm³/mol. The molecule has 1 atom stereocenters. The summed E-state index contributed by atoms with van der Waals surface area (Å²) >= 11 is 0. The highest BCUT2D eigenvalue weighted by molar-refractivity contribution is 5.44. The van der Waals surface area contributed by atoms with Gasteiger partial charge in [0.05, 0.1) is 19.3 Å². The highest BCUT2D eigenvalue weighted by Crippen LogP contribution is 2.33. The van der Waals surface area contributed by atoms with Gasteiger partial charge in [0.2, 0.25) is 0 Å². The summed E-state index contributed by atoms with van der Waals surface area (Å²) in [5.74, 6) is 7.06. The van der Waals surface area contributed by atoms with Crippen molar-refractivity contribution in [2.45, 2.75) is 18.8 Å². The largest absolute Gasteiger partial charge is 0.490 e. The van der Waals surface area contributed by atoms with Crippen molar-refractivity contribution in [3.05, 3.63) is 23.8 Å². The lowest BCUT2D eigenvalue weighted by molar-refractivity contribution is -0.124. The van der Waals surface area contributed by atoms with Gasteiger partial charge in [0, 0.05) is 20.6 Å². The van der Waals surface area contributed by atoms with Crippen molar-refractivity contribution in [2.75, 3.05) is 27.4 Å². The molecule has 0 saturated carbocycles. The van der Waals surface area contributed by atoms with Gasteiger partial charge >= 0.3 is 0 Å². The Morgan fingerprint density at radius 3 is 2.47 bits per heavy atom. The minimum absolute atomic E-state index is 0.285. The van der Waals surface area contributed by atoms with Gasteiger partial charge in [0.15, 0.2) is 17.8 Å². The molecule has 0 spiro atoms. The number of methoxy groups -OCH3 is 2. The van der Waals surface area contributed by atoms with Crippen LogP contribution in [0.3, 0.4) is 0 Å². The maximum atomic E-state index is 5.66. The Kier molecular flexibility index (Phi) is 4.98. The van der Waals surface area contributed by atoms with Crippen molar-refractivity contribution < 1.29 is 18.9 Å². The Morgan fingerprint density at radius 2 is 1.84 bits per heavy atom. The Balaban J connectivity index is 2.26. The number of hydrogen-bond donors (Lipinski definition) is 2. The van der Waals surface area contributed by atoms with E-state index in [-0.39, 0.29) is 6.04 Å². The van der Waals surface area contributed by atoms with Crippen LogP contribution in [-0.4, -0.2) is 33.7 Å². The SMILES string of the molecule is COC(OC)C(NN)c1ccc2c(c1)OCCCO2. The summed E-state index contributed by atoms with van der Waals surface area (Å²) in [4.78, 5) is 0. The van der Waals surface area contributed by atoms with E-state index in [1.165, 1.54) is 0 Å². The topological polar surface area (TPSA) is 75.0 Å². The molecule has 106 valence electrons. The molecule has 1 aromatic carbocycles. The van der Waals surface area contributed by atoms with E-state index in [2.05, 4.69) is 5.43 Å². The molecule has 1 unspecified atom stereocenters. The predicted octanol–water partition coefficient (Wildman–Crippen LogP) is 0.971. The first-order chi connectivity index (χ1) is 9.30. The molecule has 3 N–H and O–H groups in total. The second-order valence-corrected chi connectivity index (χ2v) is 4.24. The molecule has 6 nitrogen and oxygen atoms in total.